The summed E-state index contributed by atoms with van der Waals surface area (Å²) < 4.78 is 12.9. The van der Waals surface area contributed by atoms with Gasteiger partial charge in [0.15, 0.2) is 0 Å². The lowest BCUT2D eigenvalue weighted by Gasteiger charge is -2.12. The summed E-state index contributed by atoms with van der Waals surface area (Å²) in [7, 11) is 0. The van der Waals surface area contributed by atoms with Gasteiger partial charge >= 0.3 is 0 Å². The Balaban J connectivity index is 3.17. The van der Waals surface area contributed by atoms with Crippen molar-refractivity contribution in [3.63, 3.8) is 0 Å². The summed E-state index contributed by atoms with van der Waals surface area (Å²) in [5.41, 5.74) is -1.05. The van der Waals surface area contributed by atoms with Crippen molar-refractivity contribution in [1.82, 2.24) is 0 Å². The molecule has 0 N–H and O–H groups in total. The van der Waals surface area contributed by atoms with E-state index in [1.807, 2.05) is 0 Å². The maximum Gasteiger partial charge on any atom is 0.129 e. The van der Waals surface area contributed by atoms with Crippen LogP contribution < -0.4 is 0 Å². The van der Waals surface area contributed by atoms with Crippen molar-refractivity contribution in [3.8, 4) is 0 Å². The highest BCUT2D eigenvalue weighted by Crippen LogP contribution is 2.18. The van der Waals surface area contributed by atoms with E-state index in [9.17, 15) is 9.18 Å². The van der Waals surface area contributed by atoms with Gasteiger partial charge < -0.3 is 4.79 Å². The number of unbranched alkanes of at least 4 members (excludes halogenated alkanes) is 2. The molecule has 0 fully saturated rings. The molecule has 0 rings (SSSR count). The molecule has 0 saturated carbocycles. The monoisotopic (exact) mass is 174 g/mol. The minimum absolute atomic E-state index is 0.231. The maximum absolute atomic E-state index is 12.9. The van der Waals surface area contributed by atoms with Crippen LogP contribution in [-0.4, -0.2) is 11.5 Å². The molecule has 0 aromatic rings. The van der Waals surface area contributed by atoms with Gasteiger partial charge in [-0.1, -0.05) is 12.8 Å². The first kappa shape index (κ1) is 11.6. The molecule has 72 valence electrons. The number of Topliss-reactive ketones (excluding diaryl/α,β-unsaturated/α-hetero) is 1. The standard InChI is InChI=1S/C10H19FO/c1-9(12)7-5-4-6-8-10(2,3)11/h4-8H2,1-3H3. The van der Waals surface area contributed by atoms with Crippen molar-refractivity contribution in [2.24, 2.45) is 0 Å². The SMILES string of the molecule is CC(=O)CCCCCC(C)(C)F. The molecule has 0 heterocycles. The van der Waals surface area contributed by atoms with E-state index in [4.69, 9.17) is 0 Å². The van der Waals surface area contributed by atoms with Crippen LogP contribution in [0, 0.1) is 0 Å². The summed E-state index contributed by atoms with van der Waals surface area (Å²) in [4.78, 5) is 10.5. The lowest BCUT2D eigenvalue weighted by atomic mass is 10.0. The molecule has 1 nitrogen and oxygen atoms in total. The Labute approximate surface area is 74.4 Å². The normalized spacial score (nSPS) is 11.7. The number of ketones is 1. The molecule has 0 atom stereocenters. The van der Waals surface area contributed by atoms with Gasteiger partial charge in [0.2, 0.25) is 0 Å². The Morgan fingerprint density at radius 1 is 1.25 bits per heavy atom. The Kier molecular flexibility index (Phi) is 5.11. The van der Waals surface area contributed by atoms with Crippen molar-refractivity contribution in [3.05, 3.63) is 0 Å². The topological polar surface area (TPSA) is 17.1 Å². The Morgan fingerprint density at radius 2 is 1.83 bits per heavy atom. The Hall–Kier alpha value is -0.400. The summed E-state index contributed by atoms with van der Waals surface area (Å²) in [6.07, 6.45) is 4.01. The first-order valence-corrected chi connectivity index (χ1v) is 4.60. The van der Waals surface area contributed by atoms with Gasteiger partial charge in [-0.25, -0.2) is 4.39 Å². The van der Waals surface area contributed by atoms with E-state index in [-0.39, 0.29) is 5.78 Å². The molecule has 0 bridgehead atoms. The second-order valence-corrected chi connectivity index (χ2v) is 3.98. The molecule has 0 aliphatic rings. The van der Waals surface area contributed by atoms with Crippen molar-refractivity contribution in [2.45, 2.75) is 58.5 Å². The fraction of sp³-hybridized carbons (Fsp3) is 0.900. The van der Waals surface area contributed by atoms with Crippen molar-refractivity contribution < 1.29 is 9.18 Å². The van der Waals surface area contributed by atoms with Crippen molar-refractivity contribution >= 4 is 5.78 Å². The zero-order valence-corrected chi connectivity index (χ0v) is 8.32. The molecule has 0 unspecified atom stereocenters. The number of hydrogen-bond donors (Lipinski definition) is 0. The first-order chi connectivity index (χ1) is 5.42. The molecule has 0 saturated heterocycles. The van der Waals surface area contributed by atoms with E-state index in [0.717, 1.165) is 19.3 Å². The molecular weight excluding hydrogens is 155 g/mol. The van der Waals surface area contributed by atoms with Gasteiger partial charge in [-0.2, -0.15) is 0 Å². The van der Waals surface area contributed by atoms with E-state index in [2.05, 4.69) is 0 Å². The summed E-state index contributed by atoms with van der Waals surface area (Å²) in [6.45, 7) is 4.79. The van der Waals surface area contributed by atoms with Gasteiger partial charge in [0.05, 0.1) is 0 Å². The smallest absolute Gasteiger partial charge is 0.129 e. The van der Waals surface area contributed by atoms with Gasteiger partial charge in [0.1, 0.15) is 11.5 Å². The molecule has 12 heavy (non-hydrogen) atoms. The number of halogens is 1. The average molecular weight is 174 g/mol. The van der Waals surface area contributed by atoms with Gasteiger partial charge in [-0.05, 0) is 33.6 Å². The van der Waals surface area contributed by atoms with Crippen LogP contribution in [0.15, 0.2) is 0 Å². The van der Waals surface area contributed by atoms with Crippen LogP contribution in [0.1, 0.15) is 52.9 Å². The molecule has 0 spiro atoms. The summed E-state index contributed by atoms with van der Waals surface area (Å²) in [5.74, 6) is 0.231. The Morgan fingerprint density at radius 3 is 2.25 bits per heavy atom. The summed E-state index contributed by atoms with van der Waals surface area (Å²) >= 11 is 0. The lowest BCUT2D eigenvalue weighted by molar-refractivity contribution is -0.117. The molecule has 0 aliphatic carbocycles. The van der Waals surface area contributed by atoms with Gasteiger partial charge in [0.25, 0.3) is 0 Å². The van der Waals surface area contributed by atoms with Crippen LogP contribution >= 0.6 is 0 Å². The van der Waals surface area contributed by atoms with E-state index in [0.29, 0.717) is 12.8 Å². The van der Waals surface area contributed by atoms with E-state index >= 15 is 0 Å². The first-order valence-electron chi connectivity index (χ1n) is 4.60. The van der Waals surface area contributed by atoms with Gasteiger partial charge in [-0.3, -0.25) is 0 Å². The largest absolute Gasteiger partial charge is 0.300 e. The second-order valence-electron chi connectivity index (χ2n) is 3.98. The fourth-order valence-corrected chi connectivity index (χ4v) is 1.10. The minimum Gasteiger partial charge on any atom is -0.300 e. The van der Waals surface area contributed by atoms with E-state index in [1.165, 1.54) is 0 Å². The van der Waals surface area contributed by atoms with Crippen LogP contribution in [-0.2, 0) is 4.79 Å². The molecule has 0 aromatic carbocycles. The van der Waals surface area contributed by atoms with Gasteiger partial charge in [-0.15, -0.1) is 0 Å². The zero-order chi connectivity index (χ0) is 9.61. The molecular formula is C10H19FO. The molecule has 0 aromatic heterocycles. The molecule has 0 radical (unpaired) electrons. The predicted octanol–water partition coefficient (Wildman–Crippen LogP) is 3.27. The minimum atomic E-state index is -1.05. The highest BCUT2D eigenvalue weighted by molar-refractivity contribution is 5.75. The lowest BCUT2D eigenvalue weighted by Crippen LogP contribution is -2.10. The van der Waals surface area contributed by atoms with Gasteiger partial charge in [0, 0.05) is 6.42 Å². The summed E-state index contributed by atoms with van der Waals surface area (Å²) in [5, 5.41) is 0. The Bertz CT molecular complexity index is 135. The second kappa shape index (κ2) is 5.28. The van der Waals surface area contributed by atoms with Crippen molar-refractivity contribution in [1.29, 1.82) is 0 Å². The van der Waals surface area contributed by atoms with Crippen molar-refractivity contribution in [2.75, 3.05) is 0 Å². The number of rotatable bonds is 6. The average Bonchev–Trinajstić information content (AvgIpc) is 1.83. The van der Waals surface area contributed by atoms with E-state index in [1.54, 1.807) is 20.8 Å². The summed E-state index contributed by atoms with van der Waals surface area (Å²) in [6, 6.07) is 0. The van der Waals surface area contributed by atoms with Crippen LogP contribution in [0.25, 0.3) is 0 Å². The van der Waals surface area contributed by atoms with Crippen LogP contribution in [0.2, 0.25) is 0 Å². The van der Waals surface area contributed by atoms with Crippen LogP contribution in [0.3, 0.4) is 0 Å². The number of carbonyl (C=O) groups excluding carboxylic acids is 1. The third kappa shape index (κ3) is 9.60. The van der Waals surface area contributed by atoms with E-state index < -0.39 is 5.67 Å². The highest BCUT2D eigenvalue weighted by Gasteiger charge is 2.13. The molecule has 0 amide bonds. The third-order valence-corrected chi connectivity index (χ3v) is 1.80. The molecule has 0 aliphatic heterocycles. The zero-order valence-electron chi connectivity index (χ0n) is 8.32. The highest BCUT2D eigenvalue weighted by atomic mass is 19.1. The fourth-order valence-electron chi connectivity index (χ4n) is 1.10. The third-order valence-electron chi connectivity index (χ3n) is 1.80. The maximum atomic E-state index is 12.9. The predicted molar refractivity (Wildman–Crippen MR) is 49.0 cm³/mol. The van der Waals surface area contributed by atoms with Crippen LogP contribution in [0.5, 0.6) is 0 Å². The number of hydrogen-bond acceptors (Lipinski definition) is 1. The number of carbonyl (C=O) groups is 1. The quantitative estimate of drug-likeness (QED) is 0.565. The number of alkyl halides is 1. The van der Waals surface area contributed by atoms with Crippen LogP contribution in [0.4, 0.5) is 4.39 Å². The molecule has 2 heteroatoms.